The first kappa shape index (κ1) is 15.8. The van der Waals surface area contributed by atoms with Crippen molar-refractivity contribution in [3.05, 3.63) is 11.7 Å². The summed E-state index contributed by atoms with van der Waals surface area (Å²) in [7, 11) is 0. The maximum atomic E-state index is 11.7. The smallest absolute Gasteiger partial charge is 0.237 e. The monoisotopic (exact) mass is 268 g/mol. The van der Waals surface area contributed by atoms with Crippen LogP contribution < -0.4 is 0 Å². The van der Waals surface area contributed by atoms with Crippen molar-refractivity contribution in [3.63, 3.8) is 0 Å². The maximum absolute atomic E-state index is 11.7. The molecule has 0 aliphatic rings. The van der Waals surface area contributed by atoms with Gasteiger partial charge in [0.15, 0.2) is 0 Å². The Hall–Kier alpha value is -1.23. The van der Waals surface area contributed by atoms with Crippen LogP contribution in [-0.4, -0.2) is 22.5 Å². The summed E-state index contributed by atoms with van der Waals surface area (Å²) >= 11 is 0. The fraction of sp³-hybridized carbons (Fsp3) is 0.786. The Bertz CT molecular complexity index is 421. The zero-order valence-corrected chi connectivity index (χ0v) is 12.7. The second kappa shape index (κ2) is 6.28. The van der Waals surface area contributed by atoms with E-state index in [1.165, 1.54) is 0 Å². The molecule has 0 saturated carbocycles. The van der Waals surface area contributed by atoms with Gasteiger partial charge in [-0.25, -0.2) is 0 Å². The molecule has 0 radical (unpaired) electrons. The number of carbonyl (C=O) groups is 1. The molecule has 1 aromatic heterocycles. The number of ketones is 1. The van der Waals surface area contributed by atoms with E-state index in [1.54, 1.807) is 6.92 Å². The van der Waals surface area contributed by atoms with Crippen molar-refractivity contribution >= 4 is 5.78 Å². The lowest BCUT2D eigenvalue weighted by Crippen LogP contribution is -2.22. The number of hydrogen-bond acceptors (Lipinski definition) is 5. The van der Waals surface area contributed by atoms with Crippen molar-refractivity contribution in [2.45, 2.75) is 60.0 Å². The van der Waals surface area contributed by atoms with Gasteiger partial charge in [0.25, 0.3) is 0 Å². The van der Waals surface area contributed by atoms with E-state index < -0.39 is 0 Å². The highest BCUT2D eigenvalue weighted by atomic mass is 16.5. The third-order valence-electron chi connectivity index (χ3n) is 3.01. The molecule has 0 N–H and O–H groups in total. The minimum absolute atomic E-state index is 0.0962. The zero-order valence-electron chi connectivity index (χ0n) is 12.7. The van der Waals surface area contributed by atoms with E-state index >= 15 is 0 Å². The largest absolute Gasteiger partial charge is 0.370 e. The second-order valence-corrected chi connectivity index (χ2v) is 5.73. The SMILES string of the molecule is CCOC(c1noc(C(C)C(=O)CC)n1)C(C)(C)C. The molecular weight excluding hydrogens is 244 g/mol. The minimum atomic E-state index is -0.353. The molecule has 0 amide bonds. The van der Waals surface area contributed by atoms with Gasteiger partial charge in [-0.2, -0.15) is 4.98 Å². The van der Waals surface area contributed by atoms with Gasteiger partial charge in [-0.3, -0.25) is 4.79 Å². The van der Waals surface area contributed by atoms with Gasteiger partial charge < -0.3 is 9.26 Å². The number of nitrogens with zero attached hydrogens (tertiary/aromatic N) is 2. The Labute approximate surface area is 114 Å². The summed E-state index contributed by atoms with van der Waals surface area (Å²) in [5, 5.41) is 3.98. The van der Waals surface area contributed by atoms with Gasteiger partial charge in [0.05, 0.1) is 5.92 Å². The molecule has 5 heteroatoms. The molecule has 5 nitrogen and oxygen atoms in total. The van der Waals surface area contributed by atoms with Crippen molar-refractivity contribution in [1.29, 1.82) is 0 Å². The van der Waals surface area contributed by atoms with Crippen molar-refractivity contribution < 1.29 is 14.1 Å². The van der Waals surface area contributed by atoms with Gasteiger partial charge in [0.2, 0.25) is 11.7 Å². The molecule has 108 valence electrons. The van der Waals surface area contributed by atoms with Crippen LogP contribution in [-0.2, 0) is 9.53 Å². The van der Waals surface area contributed by atoms with Crippen LogP contribution in [0.1, 0.15) is 71.7 Å². The van der Waals surface area contributed by atoms with Crippen molar-refractivity contribution in [2.24, 2.45) is 5.41 Å². The summed E-state index contributed by atoms with van der Waals surface area (Å²) < 4.78 is 10.9. The molecule has 0 fully saturated rings. The van der Waals surface area contributed by atoms with Crippen LogP contribution in [0.4, 0.5) is 0 Å². The lowest BCUT2D eigenvalue weighted by molar-refractivity contribution is -0.120. The highest BCUT2D eigenvalue weighted by Crippen LogP contribution is 2.34. The second-order valence-electron chi connectivity index (χ2n) is 5.73. The standard InChI is InChI=1S/C14H24N2O3/c1-7-10(17)9(3)13-15-12(16-19-13)11(18-8-2)14(4,5)6/h9,11H,7-8H2,1-6H3. The molecule has 0 saturated heterocycles. The van der Waals surface area contributed by atoms with E-state index in [2.05, 4.69) is 30.9 Å². The molecule has 19 heavy (non-hydrogen) atoms. The minimum Gasteiger partial charge on any atom is -0.370 e. The van der Waals surface area contributed by atoms with E-state index in [0.29, 0.717) is 24.7 Å². The molecule has 2 unspecified atom stereocenters. The van der Waals surface area contributed by atoms with Gasteiger partial charge in [0.1, 0.15) is 11.9 Å². The first-order valence-corrected chi connectivity index (χ1v) is 6.79. The van der Waals surface area contributed by atoms with Gasteiger partial charge in [0, 0.05) is 13.0 Å². The molecule has 0 aliphatic heterocycles. The molecule has 0 aliphatic carbocycles. The lowest BCUT2D eigenvalue weighted by Gasteiger charge is -2.27. The summed E-state index contributed by atoms with van der Waals surface area (Å²) in [4.78, 5) is 16.0. The number of aromatic nitrogens is 2. The van der Waals surface area contributed by atoms with Crippen LogP contribution in [0, 0.1) is 5.41 Å². The van der Waals surface area contributed by atoms with Crippen LogP contribution in [0.15, 0.2) is 4.52 Å². The van der Waals surface area contributed by atoms with Gasteiger partial charge in [-0.05, 0) is 19.3 Å². The quantitative estimate of drug-likeness (QED) is 0.792. The number of hydrogen-bond donors (Lipinski definition) is 0. The predicted molar refractivity (Wildman–Crippen MR) is 71.8 cm³/mol. The van der Waals surface area contributed by atoms with E-state index in [0.717, 1.165) is 0 Å². The Morgan fingerprint density at radius 1 is 1.37 bits per heavy atom. The van der Waals surface area contributed by atoms with Crippen LogP contribution in [0.25, 0.3) is 0 Å². The molecule has 1 heterocycles. The summed E-state index contributed by atoms with van der Waals surface area (Å²) in [6.45, 7) is 12.3. The third kappa shape index (κ3) is 3.86. The van der Waals surface area contributed by atoms with Crippen LogP contribution in [0.3, 0.4) is 0 Å². The molecule has 1 rings (SSSR count). The average Bonchev–Trinajstić information content (AvgIpc) is 2.81. The lowest BCUT2D eigenvalue weighted by atomic mass is 9.88. The summed E-state index contributed by atoms with van der Waals surface area (Å²) in [5.74, 6) is 0.628. The fourth-order valence-corrected chi connectivity index (χ4v) is 1.85. The van der Waals surface area contributed by atoms with Crippen molar-refractivity contribution in [2.75, 3.05) is 6.61 Å². The van der Waals surface area contributed by atoms with Gasteiger partial charge in [-0.1, -0.05) is 32.9 Å². The number of ether oxygens (including phenoxy) is 1. The van der Waals surface area contributed by atoms with E-state index in [1.807, 2.05) is 13.8 Å². The topological polar surface area (TPSA) is 65.2 Å². The number of Topliss-reactive ketones (excluding diaryl/α,β-unsaturated/α-hetero) is 1. The Morgan fingerprint density at radius 3 is 2.47 bits per heavy atom. The number of rotatable bonds is 6. The third-order valence-corrected chi connectivity index (χ3v) is 3.01. The molecule has 1 aromatic rings. The fourth-order valence-electron chi connectivity index (χ4n) is 1.85. The van der Waals surface area contributed by atoms with E-state index in [4.69, 9.17) is 9.26 Å². The molecule has 0 bridgehead atoms. The summed E-state index contributed by atoms with van der Waals surface area (Å²) in [6.07, 6.45) is 0.228. The summed E-state index contributed by atoms with van der Waals surface area (Å²) in [5.41, 5.74) is -0.130. The van der Waals surface area contributed by atoms with Crippen molar-refractivity contribution in [1.82, 2.24) is 10.1 Å². The summed E-state index contributed by atoms with van der Waals surface area (Å²) in [6, 6.07) is 0. The molecule has 0 aromatic carbocycles. The van der Waals surface area contributed by atoms with E-state index in [9.17, 15) is 4.79 Å². The highest BCUT2D eigenvalue weighted by molar-refractivity contribution is 5.83. The predicted octanol–water partition coefficient (Wildman–Crippen LogP) is 3.28. The number of carbonyl (C=O) groups excluding carboxylic acids is 1. The normalized spacial score (nSPS) is 15.3. The molecule has 0 spiro atoms. The van der Waals surface area contributed by atoms with Gasteiger partial charge >= 0.3 is 0 Å². The Kier molecular flexibility index (Phi) is 5.23. The van der Waals surface area contributed by atoms with Crippen LogP contribution in [0.2, 0.25) is 0 Å². The first-order valence-electron chi connectivity index (χ1n) is 6.79. The Morgan fingerprint density at radius 2 is 2.00 bits per heavy atom. The van der Waals surface area contributed by atoms with Gasteiger partial charge in [-0.15, -0.1) is 0 Å². The Balaban J connectivity index is 2.96. The maximum Gasteiger partial charge on any atom is 0.237 e. The van der Waals surface area contributed by atoms with Crippen LogP contribution in [0.5, 0.6) is 0 Å². The average molecular weight is 268 g/mol. The first-order chi connectivity index (χ1) is 8.81. The molecule has 2 atom stereocenters. The van der Waals surface area contributed by atoms with E-state index in [-0.39, 0.29) is 23.2 Å². The van der Waals surface area contributed by atoms with Crippen molar-refractivity contribution in [3.8, 4) is 0 Å². The highest BCUT2D eigenvalue weighted by Gasteiger charge is 2.32. The van der Waals surface area contributed by atoms with Crippen LogP contribution >= 0.6 is 0 Å². The molecular formula is C14H24N2O3. The zero-order chi connectivity index (χ0) is 14.6.